The molecule has 5 nitrogen and oxygen atoms in total. The van der Waals surface area contributed by atoms with Crippen LogP contribution in [0.4, 0.5) is 0 Å². The molecule has 0 bridgehead atoms. The van der Waals surface area contributed by atoms with Crippen molar-refractivity contribution in [3.8, 4) is 5.75 Å². The van der Waals surface area contributed by atoms with Crippen molar-refractivity contribution in [1.82, 2.24) is 5.32 Å². The van der Waals surface area contributed by atoms with Gasteiger partial charge >= 0.3 is 0 Å². The number of hydrogen-bond acceptors (Lipinski definition) is 5. The van der Waals surface area contributed by atoms with Crippen LogP contribution in [0.1, 0.15) is 25.0 Å². The first-order valence-electron chi connectivity index (χ1n) is 8.71. The summed E-state index contributed by atoms with van der Waals surface area (Å²) in [6, 6.07) is 13.0. The van der Waals surface area contributed by atoms with Crippen LogP contribution in [-0.2, 0) is 11.2 Å². The molecule has 1 aliphatic heterocycles. The van der Waals surface area contributed by atoms with Crippen LogP contribution < -0.4 is 10.1 Å². The summed E-state index contributed by atoms with van der Waals surface area (Å²) < 4.78 is 5.75. The normalized spacial score (nSPS) is 18.2. The van der Waals surface area contributed by atoms with Gasteiger partial charge in [-0.05, 0) is 44.0 Å². The number of carbonyl (C=O) groups excluding carboxylic acids is 1. The van der Waals surface area contributed by atoms with E-state index in [0.717, 1.165) is 16.9 Å². The van der Waals surface area contributed by atoms with Gasteiger partial charge in [0.2, 0.25) is 5.91 Å². The molecule has 1 aliphatic rings. The lowest BCUT2D eigenvalue weighted by Gasteiger charge is -2.11. The number of ether oxygens (including phenoxy) is 1. The van der Waals surface area contributed by atoms with Crippen LogP contribution >= 0.6 is 35.0 Å². The fourth-order valence-corrected chi connectivity index (χ4v) is 3.93. The summed E-state index contributed by atoms with van der Waals surface area (Å²) in [6.07, 6.45) is 2.13. The minimum Gasteiger partial charge on any atom is -0.490 e. The quantitative estimate of drug-likeness (QED) is 0.515. The summed E-state index contributed by atoms with van der Waals surface area (Å²) in [5.41, 5.74) is 1.64. The number of amides is 1. The summed E-state index contributed by atoms with van der Waals surface area (Å²) >= 11 is 13.6. The first kappa shape index (κ1) is 20.7. The second-order valence-electron chi connectivity index (χ2n) is 6.37. The zero-order valence-electron chi connectivity index (χ0n) is 15.4. The average Bonchev–Trinajstić information content (AvgIpc) is 2.99. The Morgan fingerprint density at radius 2 is 2.00 bits per heavy atom. The van der Waals surface area contributed by atoms with Crippen molar-refractivity contribution < 1.29 is 9.53 Å². The minimum atomic E-state index is -0.332. The predicted molar refractivity (Wildman–Crippen MR) is 117 cm³/mol. The van der Waals surface area contributed by atoms with Crippen LogP contribution in [0.5, 0.6) is 5.75 Å². The van der Waals surface area contributed by atoms with Gasteiger partial charge in [0.1, 0.15) is 5.75 Å². The fourth-order valence-electron chi connectivity index (χ4n) is 2.58. The molecule has 146 valence electrons. The van der Waals surface area contributed by atoms with Crippen LogP contribution in [0.2, 0.25) is 10.0 Å². The highest BCUT2D eigenvalue weighted by atomic mass is 35.5. The van der Waals surface area contributed by atoms with Gasteiger partial charge in [0.15, 0.2) is 5.17 Å². The number of nitrogens with zero attached hydrogens (tertiary/aromatic N) is 2. The molecular weight excluding hydrogens is 417 g/mol. The van der Waals surface area contributed by atoms with Crippen LogP contribution in [-0.4, -0.2) is 28.6 Å². The summed E-state index contributed by atoms with van der Waals surface area (Å²) in [7, 11) is 0. The van der Waals surface area contributed by atoms with E-state index in [0.29, 0.717) is 21.6 Å². The van der Waals surface area contributed by atoms with Gasteiger partial charge in [-0.2, -0.15) is 5.10 Å². The fraction of sp³-hybridized carbons (Fsp3) is 0.250. The second kappa shape index (κ2) is 9.45. The van der Waals surface area contributed by atoms with Crippen molar-refractivity contribution in [3.05, 3.63) is 63.6 Å². The third kappa shape index (κ3) is 5.28. The lowest BCUT2D eigenvalue weighted by atomic mass is 10.1. The van der Waals surface area contributed by atoms with Crippen molar-refractivity contribution >= 4 is 52.3 Å². The third-order valence-corrected chi connectivity index (χ3v) is 5.77. The molecule has 1 atom stereocenters. The van der Waals surface area contributed by atoms with E-state index >= 15 is 0 Å². The molecule has 0 aliphatic carbocycles. The van der Waals surface area contributed by atoms with Crippen LogP contribution in [0, 0.1) is 0 Å². The number of carbonyl (C=O) groups is 1. The predicted octanol–water partition coefficient (Wildman–Crippen LogP) is 4.94. The molecule has 0 saturated carbocycles. The maximum absolute atomic E-state index is 12.2. The van der Waals surface area contributed by atoms with E-state index in [2.05, 4.69) is 15.5 Å². The summed E-state index contributed by atoms with van der Waals surface area (Å²) in [5, 5.41) is 12.0. The molecule has 2 aromatic rings. The monoisotopic (exact) mass is 435 g/mol. The van der Waals surface area contributed by atoms with Gasteiger partial charge in [-0.25, -0.2) is 0 Å². The maximum Gasteiger partial charge on any atom is 0.239 e. The molecule has 1 amide bonds. The maximum atomic E-state index is 12.2. The Bertz CT molecular complexity index is 931. The van der Waals surface area contributed by atoms with Gasteiger partial charge in [-0.15, -0.1) is 5.10 Å². The van der Waals surface area contributed by atoms with Crippen LogP contribution in [0.3, 0.4) is 0 Å². The Morgan fingerprint density at radius 1 is 1.21 bits per heavy atom. The number of rotatable bonds is 6. The molecule has 1 unspecified atom stereocenters. The first-order chi connectivity index (χ1) is 13.4. The van der Waals surface area contributed by atoms with Crippen LogP contribution in [0.15, 0.2) is 52.7 Å². The van der Waals surface area contributed by atoms with Crippen molar-refractivity contribution in [2.75, 3.05) is 0 Å². The molecule has 2 aromatic carbocycles. The highest BCUT2D eigenvalue weighted by molar-refractivity contribution is 8.15. The molecule has 28 heavy (non-hydrogen) atoms. The van der Waals surface area contributed by atoms with Gasteiger partial charge < -0.3 is 10.1 Å². The molecule has 8 heteroatoms. The van der Waals surface area contributed by atoms with E-state index in [4.69, 9.17) is 27.9 Å². The zero-order valence-corrected chi connectivity index (χ0v) is 17.7. The molecule has 1 saturated heterocycles. The molecule has 1 N–H and O–H groups in total. The van der Waals surface area contributed by atoms with Crippen molar-refractivity contribution in [1.29, 1.82) is 0 Å². The Balaban J connectivity index is 1.67. The van der Waals surface area contributed by atoms with Crippen molar-refractivity contribution in [2.24, 2.45) is 10.2 Å². The number of hydrogen-bond donors (Lipinski definition) is 1. The highest BCUT2D eigenvalue weighted by Gasteiger charge is 2.31. The van der Waals surface area contributed by atoms with E-state index in [-0.39, 0.29) is 17.3 Å². The van der Waals surface area contributed by atoms with E-state index in [1.807, 2.05) is 50.2 Å². The number of para-hydroxylation sites is 1. The lowest BCUT2D eigenvalue weighted by Crippen LogP contribution is -2.26. The molecule has 1 heterocycles. The van der Waals surface area contributed by atoms with E-state index in [1.54, 1.807) is 12.3 Å². The van der Waals surface area contributed by atoms with Gasteiger partial charge in [0, 0.05) is 5.56 Å². The Morgan fingerprint density at radius 3 is 2.79 bits per heavy atom. The molecule has 0 aromatic heterocycles. The largest absolute Gasteiger partial charge is 0.490 e. The van der Waals surface area contributed by atoms with Crippen LogP contribution in [0.25, 0.3) is 0 Å². The smallest absolute Gasteiger partial charge is 0.239 e. The second-order valence-corrected chi connectivity index (χ2v) is 8.34. The number of halogens is 2. The Labute approximate surface area is 178 Å². The van der Waals surface area contributed by atoms with Gasteiger partial charge in [0.05, 0.1) is 27.6 Å². The summed E-state index contributed by atoms with van der Waals surface area (Å²) in [4.78, 5) is 12.2. The zero-order chi connectivity index (χ0) is 20.1. The summed E-state index contributed by atoms with van der Waals surface area (Å²) in [5.74, 6) is 0.608. The number of nitrogens with one attached hydrogen (secondary N) is 1. The van der Waals surface area contributed by atoms with Gasteiger partial charge in [-0.1, -0.05) is 59.2 Å². The molecular formula is C20H19Cl2N3O2S. The standard InChI is InChI=1S/C20H19Cl2N3O2S/c1-12(2)27-16-9-4-3-6-14(16)11-23-25-20-24-19(26)17(28-20)10-13-7-5-8-15(21)18(13)22/h3-9,11-12,17H,10H2,1-2H3,(H,24,25,26)/b23-11+. The highest BCUT2D eigenvalue weighted by Crippen LogP contribution is 2.30. The molecule has 0 radical (unpaired) electrons. The number of benzene rings is 2. The summed E-state index contributed by atoms with van der Waals surface area (Å²) in [6.45, 7) is 3.93. The lowest BCUT2D eigenvalue weighted by molar-refractivity contribution is -0.118. The molecule has 0 spiro atoms. The van der Waals surface area contributed by atoms with Crippen molar-refractivity contribution in [3.63, 3.8) is 0 Å². The van der Waals surface area contributed by atoms with Gasteiger partial charge in [-0.3, -0.25) is 4.79 Å². The molecule has 1 fully saturated rings. The Hall–Kier alpha value is -2.02. The van der Waals surface area contributed by atoms with E-state index < -0.39 is 0 Å². The Kier molecular flexibility index (Phi) is 6.99. The molecule has 3 rings (SSSR count). The van der Waals surface area contributed by atoms with Gasteiger partial charge in [0.25, 0.3) is 0 Å². The third-order valence-electron chi connectivity index (χ3n) is 3.84. The number of thioether (sulfide) groups is 1. The number of amidine groups is 1. The topological polar surface area (TPSA) is 63.1 Å². The minimum absolute atomic E-state index is 0.0598. The van der Waals surface area contributed by atoms with Crippen molar-refractivity contribution in [2.45, 2.75) is 31.6 Å². The van der Waals surface area contributed by atoms with E-state index in [9.17, 15) is 4.79 Å². The first-order valence-corrected chi connectivity index (χ1v) is 10.3. The average molecular weight is 436 g/mol. The van der Waals surface area contributed by atoms with E-state index in [1.165, 1.54) is 11.8 Å². The SMILES string of the molecule is CC(C)Oc1ccccc1/C=N/N=C1\NC(=O)C(Cc2cccc(Cl)c2Cl)S1.